The predicted molar refractivity (Wildman–Crippen MR) is 102 cm³/mol. The molecule has 3 nitrogen and oxygen atoms in total. The van der Waals surface area contributed by atoms with E-state index in [9.17, 15) is 4.79 Å². The molecule has 0 saturated carbocycles. The van der Waals surface area contributed by atoms with Crippen molar-refractivity contribution in [1.82, 2.24) is 0 Å². The number of ether oxygens (including phenoxy) is 1. The van der Waals surface area contributed by atoms with Crippen molar-refractivity contribution >= 4 is 11.6 Å². The third-order valence-corrected chi connectivity index (χ3v) is 4.04. The van der Waals surface area contributed by atoms with Crippen molar-refractivity contribution < 1.29 is 9.53 Å². The second-order valence-electron chi connectivity index (χ2n) is 5.93. The Bertz CT molecular complexity index is 859. The molecule has 25 heavy (non-hydrogen) atoms. The van der Waals surface area contributed by atoms with Crippen LogP contribution in [0.4, 0.5) is 5.69 Å². The van der Waals surface area contributed by atoms with E-state index >= 15 is 0 Å². The van der Waals surface area contributed by atoms with Crippen molar-refractivity contribution in [2.45, 2.75) is 20.0 Å². The van der Waals surface area contributed by atoms with Gasteiger partial charge >= 0.3 is 0 Å². The number of hydrogen-bond donors (Lipinski definition) is 1. The zero-order valence-corrected chi connectivity index (χ0v) is 14.4. The van der Waals surface area contributed by atoms with Gasteiger partial charge in [-0.15, -0.1) is 0 Å². The molecule has 0 spiro atoms. The van der Waals surface area contributed by atoms with Crippen LogP contribution in [0.5, 0.6) is 5.75 Å². The number of carbonyl (C=O) groups excluding carboxylic acids is 1. The number of hydrogen-bond acceptors (Lipinski definition) is 2. The molecule has 0 heterocycles. The summed E-state index contributed by atoms with van der Waals surface area (Å²) in [5.74, 6) is 0.549. The molecular formula is C22H21NO2. The molecule has 126 valence electrons. The Labute approximate surface area is 148 Å². The van der Waals surface area contributed by atoms with Crippen LogP contribution in [-0.4, -0.2) is 12.0 Å². The molecule has 0 aliphatic carbocycles. The van der Waals surface area contributed by atoms with Gasteiger partial charge in [-0.3, -0.25) is 4.79 Å². The summed E-state index contributed by atoms with van der Waals surface area (Å²) in [7, 11) is 0. The van der Waals surface area contributed by atoms with Crippen LogP contribution in [0.15, 0.2) is 78.9 Å². The molecule has 3 heteroatoms. The highest BCUT2D eigenvalue weighted by atomic mass is 16.5. The summed E-state index contributed by atoms with van der Waals surface area (Å²) < 4.78 is 5.81. The Morgan fingerprint density at radius 2 is 1.52 bits per heavy atom. The Kier molecular flexibility index (Phi) is 5.14. The maximum Gasteiger partial charge on any atom is 0.265 e. The molecule has 0 bridgehead atoms. The third kappa shape index (κ3) is 4.07. The molecule has 0 unspecified atom stereocenters. The number of rotatable bonds is 5. The van der Waals surface area contributed by atoms with Crippen LogP contribution in [0.2, 0.25) is 0 Å². The predicted octanol–water partition coefficient (Wildman–Crippen LogP) is 5.07. The van der Waals surface area contributed by atoms with Gasteiger partial charge in [0.25, 0.3) is 5.91 Å². The summed E-state index contributed by atoms with van der Waals surface area (Å²) in [6.45, 7) is 3.72. The van der Waals surface area contributed by atoms with Crippen molar-refractivity contribution in [1.29, 1.82) is 0 Å². The first-order chi connectivity index (χ1) is 12.1. The maximum atomic E-state index is 12.6. The Morgan fingerprint density at radius 3 is 2.28 bits per heavy atom. The maximum absolute atomic E-state index is 12.6. The summed E-state index contributed by atoms with van der Waals surface area (Å²) in [5, 5.41) is 2.98. The smallest absolute Gasteiger partial charge is 0.265 e. The van der Waals surface area contributed by atoms with Crippen LogP contribution in [-0.2, 0) is 4.79 Å². The lowest BCUT2D eigenvalue weighted by Gasteiger charge is -2.17. The molecule has 0 aromatic heterocycles. The first kappa shape index (κ1) is 16.8. The largest absolute Gasteiger partial charge is 0.481 e. The SMILES string of the molecule is Cc1ccccc1O[C@H](C)C(=O)Nc1ccccc1-c1ccccc1. The zero-order chi connectivity index (χ0) is 17.6. The molecule has 1 N–H and O–H groups in total. The number of para-hydroxylation sites is 2. The fourth-order valence-electron chi connectivity index (χ4n) is 2.63. The van der Waals surface area contributed by atoms with Crippen LogP contribution >= 0.6 is 0 Å². The highest BCUT2D eigenvalue weighted by molar-refractivity contribution is 5.98. The molecular weight excluding hydrogens is 310 g/mol. The highest BCUT2D eigenvalue weighted by Crippen LogP contribution is 2.28. The van der Waals surface area contributed by atoms with Crippen molar-refractivity contribution in [2.75, 3.05) is 5.32 Å². The van der Waals surface area contributed by atoms with Gasteiger partial charge in [0.1, 0.15) is 5.75 Å². The van der Waals surface area contributed by atoms with Gasteiger partial charge in [-0.05, 0) is 37.1 Å². The molecule has 1 atom stereocenters. The lowest BCUT2D eigenvalue weighted by Crippen LogP contribution is -2.30. The van der Waals surface area contributed by atoms with E-state index in [-0.39, 0.29) is 5.91 Å². The first-order valence-corrected chi connectivity index (χ1v) is 8.33. The van der Waals surface area contributed by atoms with Gasteiger partial charge in [0.05, 0.1) is 0 Å². The van der Waals surface area contributed by atoms with Crippen LogP contribution in [0.3, 0.4) is 0 Å². The summed E-state index contributed by atoms with van der Waals surface area (Å²) in [5.41, 5.74) is 3.83. The molecule has 0 radical (unpaired) electrons. The van der Waals surface area contributed by atoms with Crippen molar-refractivity contribution in [3.05, 3.63) is 84.4 Å². The minimum absolute atomic E-state index is 0.174. The van der Waals surface area contributed by atoms with E-state index in [1.165, 1.54) is 0 Å². The number of benzene rings is 3. The van der Waals surface area contributed by atoms with E-state index in [1.54, 1.807) is 6.92 Å². The summed E-state index contributed by atoms with van der Waals surface area (Å²) in [4.78, 5) is 12.6. The van der Waals surface area contributed by atoms with Gasteiger partial charge in [0.2, 0.25) is 0 Å². The number of nitrogens with one attached hydrogen (secondary N) is 1. The van der Waals surface area contributed by atoms with E-state index in [2.05, 4.69) is 5.32 Å². The number of anilines is 1. The van der Waals surface area contributed by atoms with Crippen LogP contribution in [0, 0.1) is 6.92 Å². The lowest BCUT2D eigenvalue weighted by atomic mass is 10.0. The van der Waals surface area contributed by atoms with E-state index < -0.39 is 6.10 Å². The van der Waals surface area contributed by atoms with Crippen molar-refractivity contribution in [3.8, 4) is 16.9 Å². The van der Waals surface area contributed by atoms with E-state index in [0.717, 1.165) is 28.1 Å². The summed E-state index contributed by atoms with van der Waals surface area (Å²) in [6.07, 6.45) is -0.593. The van der Waals surface area contributed by atoms with Gasteiger partial charge in [-0.25, -0.2) is 0 Å². The second kappa shape index (κ2) is 7.67. The summed E-state index contributed by atoms with van der Waals surface area (Å²) >= 11 is 0. The molecule has 3 rings (SSSR count). The fourth-order valence-corrected chi connectivity index (χ4v) is 2.63. The minimum Gasteiger partial charge on any atom is -0.481 e. The monoisotopic (exact) mass is 331 g/mol. The second-order valence-corrected chi connectivity index (χ2v) is 5.93. The average Bonchev–Trinajstić information content (AvgIpc) is 2.64. The molecule has 1 amide bonds. The molecule has 3 aromatic carbocycles. The fraction of sp³-hybridized carbons (Fsp3) is 0.136. The van der Waals surface area contributed by atoms with Crippen molar-refractivity contribution in [3.63, 3.8) is 0 Å². The normalized spacial score (nSPS) is 11.6. The van der Waals surface area contributed by atoms with Crippen LogP contribution in [0.1, 0.15) is 12.5 Å². The summed E-state index contributed by atoms with van der Waals surface area (Å²) in [6, 6.07) is 25.5. The topological polar surface area (TPSA) is 38.3 Å². The molecule has 0 fully saturated rings. The third-order valence-electron chi connectivity index (χ3n) is 4.04. The Morgan fingerprint density at radius 1 is 0.880 bits per heavy atom. The zero-order valence-electron chi connectivity index (χ0n) is 14.4. The number of amides is 1. The molecule has 0 aliphatic heterocycles. The average molecular weight is 331 g/mol. The lowest BCUT2D eigenvalue weighted by molar-refractivity contribution is -0.122. The van der Waals surface area contributed by atoms with Crippen LogP contribution < -0.4 is 10.1 Å². The first-order valence-electron chi connectivity index (χ1n) is 8.33. The van der Waals surface area contributed by atoms with Gasteiger partial charge in [0.15, 0.2) is 6.10 Å². The quantitative estimate of drug-likeness (QED) is 0.709. The van der Waals surface area contributed by atoms with E-state index in [1.807, 2.05) is 85.8 Å². The van der Waals surface area contributed by atoms with E-state index in [0.29, 0.717) is 0 Å². The molecule has 3 aromatic rings. The Hall–Kier alpha value is -3.07. The van der Waals surface area contributed by atoms with Gasteiger partial charge in [0, 0.05) is 11.3 Å². The van der Waals surface area contributed by atoms with Crippen LogP contribution in [0.25, 0.3) is 11.1 Å². The molecule has 0 aliphatic rings. The standard InChI is InChI=1S/C22H21NO2/c1-16-10-6-9-15-21(16)25-17(2)22(24)23-20-14-8-7-13-19(20)18-11-4-3-5-12-18/h3-15,17H,1-2H3,(H,23,24)/t17-/m1/s1. The van der Waals surface area contributed by atoms with Gasteiger partial charge in [-0.2, -0.15) is 0 Å². The molecule has 0 saturated heterocycles. The number of carbonyl (C=O) groups is 1. The highest BCUT2D eigenvalue weighted by Gasteiger charge is 2.17. The van der Waals surface area contributed by atoms with Crippen molar-refractivity contribution in [2.24, 2.45) is 0 Å². The Balaban J connectivity index is 1.76. The van der Waals surface area contributed by atoms with Gasteiger partial charge in [-0.1, -0.05) is 66.7 Å². The van der Waals surface area contributed by atoms with E-state index in [4.69, 9.17) is 4.74 Å². The minimum atomic E-state index is -0.593. The number of aryl methyl sites for hydroxylation is 1. The van der Waals surface area contributed by atoms with Gasteiger partial charge < -0.3 is 10.1 Å².